The van der Waals surface area contributed by atoms with Gasteiger partial charge in [-0.2, -0.15) is 0 Å². The lowest BCUT2D eigenvalue weighted by Gasteiger charge is -2.44. The van der Waals surface area contributed by atoms with E-state index in [1.165, 1.54) is 35.6 Å². The molecule has 4 aliphatic rings. The Balaban J connectivity index is 1.74. The van der Waals surface area contributed by atoms with Crippen LogP contribution in [0.15, 0.2) is 76.6 Å². The maximum Gasteiger partial charge on any atom is 0.173 e. The third-order valence-corrected chi connectivity index (χ3v) is 15.3. The van der Waals surface area contributed by atoms with E-state index in [9.17, 15) is 0 Å². The molecular formula is C28H23OPS3. The minimum absolute atomic E-state index is 0.0345. The summed E-state index contributed by atoms with van der Waals surface area (Å²) in [5, 5.41) is 4.28. The molecule has 0 bridgehead atoms. The first-order chi connectivity index (χ1) is 15.8. The zero-order chi connectivity index (χ0) is 22.8. The maximum atomic E-state index is 15.3. The van der Waals surface area contributed by atoms with Crippen molar-refractivity contribution < 1.29 is 4.57 Å². The molecule has 0 N–H and O–H groups in total. The second-order valence-corrected chi connectivity index (χ2v) is 16.6. The van der Waals surface area contributed by atoms with Gasteiger partial charge in [-0.3, -0.25) is 0 Å². The van der Waals surface area contributed by atoms with Crippen molar-refractivity contribution in [2.75, 3.05) is 0 Å². The number of fused-ring (bicyclic) bond motifs is 8. The van der Waals surface area contributed by atoms with Gasteiger partial charge in [0.2, 0.25) is 0 Å². The molecule has 1 aliphatic carbocycles. The normalized spacial score (nSPS) is 30.9. The van der Waals surface area contributed by atoms with E-state index in [-0.39, 0.29) is 9.49 Å². The summed E-state index contributed by atoms with van der Waals surface area (Å²) in [6.45, 7) is 9.28. The van der Waals surface area contributed by atoms with Gasteiger partial charge in [0.1, 0.15) is 0 Å². The van der Waals surface area contributed by atoms with Crippen LogP contribution in [-0.2, 0) is 4.57 Å². The lowest BCUT2D eigenvalue weighted by Crippen LogP contribution is -2.55. The maximum absolute atomic E-state index is 15.3. The minimum Gasteiger partial charge on any atom is -0.309 e. The van der Waals surface area contributed by atoms with Gasteiger partial charge >= 0.3 is 0 Å². The standard InChI is InChI=1S/C28H23OPS3/c1-16-14-20-23-24-25(31-26(23)21-15-17(2)33-28(21,4)27(20,3)32-16)19-12-8-9-13-22(19)30(24,29)18-10-6-5-7-11-18/h5-15H,1-4H3/t27-,28-,30?/m1/s1. The van der Waals surface area contributed by atoms with Crippen molar-refractivity contribution in [3.63, 3.8) is 0 Å². The van der Waals surface area contributed by atoms with Crippen LogP contribution in [-0.4, -0.2) is 9.49 Å². The summed E-state index contributed by atoms with van der Waals surface area (Å²) in [6, 6.07) is 18.5. The third kappa shape index (κ3) is 2.32. The molecule has 2 aromatic carbocycles. The van der Waals surface area contributed by atoms with Crippen molar-refractivity contribution in [2.45, 2.75) is 37.2 Å². The molecule has 5 heteroatoms. The predicted molar refractivity (Wildman–Crippen MR) is 148 cm³/mol. The quantitative estimate of drug-likeness (QED) is 0.320. The summed E-state index contributed by atoms with van der Waals surface area (Å²) >= 11 is 5.85. The molecule has 3 aromatic rings. The van der Waals surface area contributed by atoms with Gasteiger partial charge in [0.15, 0.2) is 7.14 Å². The summed E-state index contributed by atoms with van der Waals surface area (Å²) < 4.78 is 16.5. The van der Waals surface area contributed by atoms with Gasteiger partial charge in [-0.25, -0.2) is 0 Å². The highest BCUT2D eigenvalue weighted by Crippen LogP contribution is 2.65. The number of hydrogen-bond donors (Lipinski definition) is 0. The first kappa shape index (κ1) is 20.6. The van der Waals surface area contributed by atoms with Crippen molar-refractivity contribution in [1.29, 1.82) is 0 Å². The first-order valence-corrected chi connectivity index (χ1v) is 15.4. The van der Waals surface area contributed by atoms with Crippen molar-refractivity contribution in [1.82, 2.24) is 0 Å². The zero-order valence-electron chi connectivity index (χ0n) is 18.9. The highest BCUT2D eigenvalue weighted by atomic mass is 32.2. The van der Waals surface area contributed by atoms with E-state index in [0.717, 1.165) is 21.5 Å². The summed E-state index contributed by atoms with van der Waals surface area (Å²) in [7, 11) is -2.98. The Morgan fingerprint density at radius 1 is 0.788 bits per heavy atom. The second-order valence-electron chi connectivity index (χ2n) is 9.55. The van der Waals surface area contributed by atoms with Gasteiger partial charge in [0, 0.05) is 36.1 Å². The average Bonchev–Trinajstić information content (AvgIpc) is 3.50. The molecule has 3 aliphatic heterocycles. The molecular weight excluding hydrogens is 479 g/mol. The molecule has 4 heterocycles. The molecule has 0 spiro atoms. The van der Waals surface area contributed by atoms with Crippen molar-refractivity contribution in [2.24, 2.45) is 0 Å². The van der Waals surface area contributed by atoms with E-state index in [1.54, 1.807) is 0 Å². The Kier molecular flexibility index (Phi) is 4.06. The summed E-state index contributed by atoms with van der Waals surface area (Å²) in [4.78, 5) is 3.92. The Hall–Kier alpha value is -1.71. The van der Waals surface area contributed by atoms with Gasteiger partial charge in [0.05, 0.1) is 9.49 Å². The average molecular weight is 503 g/mol. The fraction of sp³-hybridized carbons (Fsp3) is 0.214. The molecule has 164 valence electrons. The fourth-order valence-corrected chi connectivity index (χ4v) is 14.4. The largest absolute Gasteiger partial charge is 0.309 e. The Bertz CT molecular complexity index is 1640. The Morgan fingerprint density at radius 3 is 2.12 bits per heavy atom. The monoisotopic (exact) mass is 502 g/mol. The van der Waals surface area contributed by atoms with E-state index in [2.05, 4.69) is 70.2 Å². The van der Waals surface area contributed by atoms with Crippen LogP contribution in [0, 0.1) is 0 Å². The van der Waals surface area contributed by atoms with Gasteiger partial charge < -0.3 is 4.57 Å². The molecule has 7 rings (SSSR count). The molecule has 0 radical (unpaired) electrons. The van der Waals surface area contributed by atoms with Crippen molar-refractivity contribution >= 4 is 69.1 Å². The van der Waals surface area contributed by atoms with E-state index in [1.807, 2.05) is 59.1 Å². The number of allylic oxidation sites excluding steroid dienone is 4. The molecule has 0 amide bonds. The van der Waals surface area contributed by atoms with Crippen LogP contribution in [0.1, 0.15) is 27.7 Å². The molecule has 0 saturated heterocycles. The molecule has 0 fully saturated rings. The van der Waals surface area contributed by atoms with Crippen LogP contribution in [0.25, 0.3) is 21.6 Å². The van der Waals surface area contributed by atoms with Crippen LogP contribution < -0.4 is 25.7 Å². The first-order valence-electron chi connectivity index (χ1n) is 11.2. The third-order valence-electron chi connectivity index (χ3n) is 7.68. The van der Waals surface area contributed by atoms with Gasteiger partial charge in [-0.05, 0) is 60.8 Å². The van der Waals surface area contributed by atoms with Gasteiger partial charge in [0.25, 0.3) is 0 Å². The minimum atomic E-state index is -2.98. The smallest absolute Gasteiger partial charge is 0.173 e. The second kappa shape index (κ2) is 6.49. The zero-order valence-corrected chi connectivity index (χ0v) is 22.3. The van der Waals surface area contributed by atoms with Crippen LogP contribution in [0.2, 0.25) is 0 Å². The van der Waals surface area contributed by atoms with Crippen LogP contribution >= 0.6 is 42.0 Å². The highest BCUT2D eigenvalue weighted by Gasteiger charge is 2.58. The number of benzene rings is 2. The summed E-state index contributed by atoms with van der Waals surface area (Å²) in [5.41, 5.74) is 3.93. The lowest BCUT2D eigenvalue weighted by molar-refractivity contribution is 0.593. The van der Waals surface area contributed by atoms with Gasteiger partial charge in [-0.1, -0.05) is 54.6 Å². The number of hydrogen-bond acceptors (Lipinski definition) is 4. The van der Waals surface area contributed by atoms with Crippen molar-refractivity contribution in [3.05, 3.63) is 86.3 Å². The highest BCUT2D eigenvalue weighted by molar-refractivity contribution is 8.09. The van der Waals surface area contributed by atoms with Gasteiger partial charge in [-0.15, -0.1) is 34.9 Å². The molecule has 1 nitrogen and oxygen atoms in total. The van der Waals surface area contributed by atoms with Crippen LogP contribution in [0.5, 0.6) is 0 Å². The molecule has 33 heavy (non-hydrogen) atoms. The lowest BCUT2D eigenvalue weighted by atomic mass is 9.77. The molecule has 3 atom stereocenters. The number of thiophene rings is 1. The van der Waals surface area contributed by atoms with Crippen LogP contribution in [0.3, 0.4) is 0 Å². The topological polar surface area (TPSA) is 17.1 Å². The predicted octanol–water partition coefficient (Wildman–Crippen LogP) is 5.50. The molecule has 1 aromatic heterocycles. The molecule has 0 saturated carbocycles. The van der Waals surface area contributed by atoms with E-state index < -0.39 is 7.14 Å². The van der Waals surface area contributed by atoms with Crippen molar-refractivity contribution in [3.8, 4) is 10.4 Å². The summed E-state index contributed by atoms with van der Waals surface area (Å²) in [6.07, 6.45) is 4.77. The summed E-state index contributed by atoms with van der Waals surface area (Å²) in [5.74, 6) is 0. The fourth-order valence-electron chi connectivity index (χ4n) is 6.11. The van der Waals surface area contributed by atoms with E-state index in [0.29, 0.717) is 0 Å². The molecule has 1 unspecified atom stereocenters. The Morgan fingerprint density at radius 2 is 1.39 bits per heavy atom. The van der Waals surface area contributed by atoms with E-state index >= 15 is 4.57 Å². The Labute approximate surface area is 206 Å². The van der Waals surface area contributed by atoms with Crippen LogP contribution in [0.4, 0.5) is 0 Å². The van der Waals surface area contributed by atoms with E-state index in [4.69, 9.17) is 0 Å². The number of thioether (sulfide) groups is 2. The SMILES string of the molecule is CC1=CC2=c3sc4c(c3=C3C=C(C)S[C@@]3(C)[C@]2(C)S1)P(=O)(c1ccccc1)c1ccccc1-4. The number of rotatable bonds is 1.